The molecule has 0 N–H and O–H groups in total. The molecule has 27 heavy (non-hydrogen) atoms. The summed E-state index contributed by atoms with van der Waals surface area (Å²) in [4.78, 5) is 12.7. The van der Waals surface area contributed by atoms with Crippen LogP contribution >= 0.6 is 10.8 Å². The zero-order chi connectivity index (χ0) is 19.4. The van der Waals surface area contributed by atoms with Gasteiger partial charge in [0.25, 0.3) is 0 Å². The summed E-state index contributed by atoms with van der Waals surface area (Å²) in [6.07, 6.45) is 4.83. The van der Waals surface area contributed by atoms with Gasteiger partial charge in [-0.2, -0.15) is 0 Å². The number of rotatable bonds is 5. The normalized spacial score (nSPS) is 34.4. The van der Waals surface area contributed by atoms with Crippen LogP contribution in [-0.4, -0.2) is 25.2 Å². The third-order valence-corrected chi connectivity index (χ3v) is 10.4. The van der Waals surface area contributed by atoms with Gasteiger partial charge in [-0.1, -0.05) is 18.7 Å². The Kier molecular flexibility index (Phi) is 4.70. The Morgan fingerprint density at radius 3 is 2.48 bits per heavy atom. The van der Waals surface area contributed by atoms with Crippen molar-refractivity contribution in [3.05, 3.63) is 42.0 Å². The van der Waals surface area contributed by atoms with Crippen LogP contribution in [0.25, 0.3) is 0 Å². The van der Waals surface area contributed by atoms with Crippen molar-refractivity contribution in [3.63, 3.8) is 0 Å². The third kappa shape index (κ3) is 3.46. The molecule has 0 radical (unpaired) electrons. The Balaban J connectivity index is 1.67. The molecule has 0 amide bonds. The second kappa shape index (κ2) is 6.66. The van der Waals surface area contributed by atoms with Crippen LogP contribution in [0, 0.1) is 24.7 Å². The molecule has 0 saturated heterocycles. The standard InChI is InChI=1S/C21H26O4S2/c1-13(2)20(22)25-21-11-15-8-16(12-21)10-17(9-15)19(21)26-27(23,24)18-6-4-5-14(3)7-18/h4-7,15-17,19H,1,8-12H2,2-3H3. The number of aryl methyl sites for hydroxylation is 1. The van der Waals surface area contributed by atoms with Crippen LogP contribution in [0.2, 0.25) is 0 Å². The first-order valence-electron chi connectivity index (χ1n) is 9.57. The quantitative estimate of drug-likeness (QED) is 0.410. The molecule has 6 heteroatoms. The summed E-state index contributed by atoms with van der Waals surface area (Å²) in [5.74, 6) is 0.979. The number of carbonyl (C=O) groups excluding carboxylic acids is 1. The molecule has 3 atom stereocenters. The number of carbonyl (C=O) groups is 1. The molecule has 0 heterocycles. The summed E-state index contributed by atoms with van der Waals surface area (Å²) in [6.45, 7) is 7.25. The minimum atomic E-state index is -3.52. The minimum Gasteiger partial charge on any atom is -0.454 e. The monoisotopic (exact) mass is 406 g/mol. The highest BCUT2D eigenvalue weighted by Crippen LogP contribution is 2.61. The lowest BCUT2D eigenvalue weighted by atomic mass is 9.54. The molecule has 0 spiro atoms. The molecule has 0 aromatic heterocycles. The van der Waals surface area contributed by atoms with Gasteiger partial charge in [0.1, 0.15) is 5.60 Å². The maximum atomic E-state index is 13.1. The van der Waals surface area contributed by atoms with Gasteiger partial charge in [-0.3, -0.25) is 0 Å². The molecule has 4 aliphatic carbocycles. The van der Waals surface area contributed by atoms with Gasteiger partial charge in [-0.25, -0.2) is 13.2 Å². The molecule has 4 fully saturated rings. The van der Waals surface area contributed by atoms with Crippen molar-refractivity contribution in [2.24, 2.45) is 17.8 Å². The summed E-state index contributed by atoms with van der Waals surface area (Å²) in [5, 5.41) is -0.209. The van der Waals surface area contributed by atoms with E-state index in [4.69, 9.17) is 4.74 Å². The van der Waals surface area contributed by atoms with Gasteiger partial charge in [0.2, 0.25) is 8.87 Å². The van der Waals surface area contributed by atoms with Crippen molar-refractivity contribution >= 4 is 25.6 Å². The van der Waals surface area contributed by atoms with Crippen LogP contribution in [0.5, 0.6) is 0 Å². The van der Waals surface area contributed by atoms with Crippen LogP contribution in [0.1, 0.15) is 44.6 Å². The maximum absolute atomic E-state index is 13.1. The van der Waals surface area contributed by atoms with E-state index in [-0.39, 0.29) is 5.25 Å². The molecule has 4 nitrogen and oxygen atoms in total. The molecule has 4 saturated carbocycles. The zero-order valence-electron chi connectivity index (χ0n) is 15.8. The van der Waals surface area contributed by atoms with Crippen molar-refractivity contribution in [1.82, 2.24) is 0 Å². The van der Waals surface area contributed by atoms with E-state index in [0.29, 0.717) is 28.2 Å². The molecular weight excluding hydrogens is 380 g/mol. The fourth-order valence-electron chi connectivity index (χ4n) is 5.46. The highest BCUT2D eigenvalue weighted by molar-refractivity contribution is 8.72. The van der Waals surface area contributed by atoms with Crippen molar-refractivity contribution in [2.45, 2.75) is 61.7 Å². The first-order chi connectivity index (χ1) is 12.7. The highest BCUT2D eigenvalue weighted by Gasteiger charge is 2.60. The fourth-order valence-corrected chi connectivity index (χ4v) is 9.68. The summed E-state index contributed by atoms with van der Waals surface area (Å²) < 4.78 is 32.3. The molecule has 0 aliphatic heterocycles. The first-order valence-corrected chi connectivity index (χ1v) is 12.5. The third-order valence-electron chi connectivity index (χ3n) is 6.31. The zero-order valence-corrected chi connectivity index (χ0v) is 17.4. The van der Waals surface area contributed by atoms with Crippen LogP contribution < -0.4 is 0 Å². The highest BCUT2D eigenvalue weighted by atomic mass is 33.1. The number of hydrogen-bond acceptors (Lipinski definition) is 5. The summed E-state index contributed by atoms with van der Waals surface area (Å²) >= 11 is 0. The van der Waals surface area contributed by atoms with E-state index in [1.807, 2.05) is 13.0 Å². The molecule has 1 aromatic rings. The second-order valence-corrected chi connectivity index (χ2v) is 12.6. The predicted molar refractivity (Wildman–Crippen MR) is 107 cm³/mol. The van der Waals surface area contributed by atoms with Gasteiger partial charge in [0.15, 0.2) is 0 Å². The van der Waals surface area contributed by atoms with Crippen molar-refractivity contribution in [2.75, 3.05) is 0 Å². The average Bonchev–Trinajstić information content (AvgIpc) is 2.57. The fraction of sp³-hybridized carbons (Fsp3) is 0.571. The lowest BCUT2D eigenvalue weighted by molar-refractivity contribution is -0.179. The molecule has 1 aromatic carbocycles. The van der Waals surface area contributed by atoms with Gasteiger partial charge >= 0.3 is 5.97 Å². The van der Waals surface area contributed by atoms with Crippen LogP contribution in [0.15, 0.2) is 41.3 Å². The Morgan fingerprint density at radius 2 is 1.89 bits per heavy atom. The Hall–Kier alpha value is -1.27. The molecule has 3 unspecified atom stereocenters. The Bertz CT molecular complexity index is 875. The largest absolute Gasteiger partial charge is 0.454 e. The number of hydrogen-bond donors (Lipinski definition) is 0. The van der Waals surface area contributed by atoms with Crippen molar-refractivity contribution < 1.29 is 17.9 Å². The Morgan fingerprint density at radius 1 is 1.22 bits per heavy atom. The molecule has 4 aliphatic rings. The van der Waals surface area contributed by atoms with Gasteiger partial charge < -0.3 is 4.74 Å². The summed E-state index contributed by atoms with van der Waals surface area (Å²) in [7, 11) is -2.50. The van der Waals surface area contributed by atoms with E-state index in [1.54, 1.807) is 25.1 Å². The second-order valence-electron chi connectivity index (χ2n) is 8.63. The summed E-state index contributed by atoms with van der Waals surface area (Å²) in [5.41, 5.74) is 0.619. The number of ether oxygens (including phenoxy) is 1. The van der Waals surface area contributed by atoms with E-state index >= 15 is 0 Å². The molecule has 5 rings (SSSR count). The van der Waals surface area contributed by atoms with Crippen molar-refractivity contribution in [1.29, 1.82) is 0 Å². The van der Waals surface area contributed by atoms with Gasteiger partial charge in [-0.15, -0.1) is 0 Å². The van der Waals surface area contributed by atoms with E-state index in [0.717, 1.165) is 42.0 Å². The lowest BCUT2D eigenvalue weighted by Gasteiger charge is -2.59. The predicted octanol–water partition coefficient (Wildman–Crippen LogP) is 4.48. The van der Waals surface area contributed by atoms with Crippen LogP contribution in [0.3, 0.4) is 0 Å². The topological polar surface area (TPSA) is 60.4 Å². The van der Waals surface area contributed by atoms with E-state index in [1.165, 1.54) is 6.42 Å². The lowest BCUT2D eigenvalue weighted by Crippen LogP contribution is -2.61. The smallest absolute Gasteiger partial charge is 0.333 e. The average molecular weight is 407 g/mol. The van der Waals surface area contributed by atoms with Gasteiger partial charge in [-0.05, 0) is 92.2 Å². The minimum absolute atomic E-state index is 0.209. The number of esters is 1. The molecule has 146 valence electrons. The first kappa shape index (κ1) is 19.1. The maximum Gasteiger partial charge on any atom is 0.333 e. The van der Waals surface area contributed by atoms with E-state index in [9.17, 15) is 13.2 Å². The molecule has 4 bridgehead atoms. The van der Waals surface area contributed by atoms with E-state index in [2.05, 4.69) is 6.58 Å². The van der Waals surface area contributed by atoms with Crippen LogP contribution in [0.4, 0.5) is 0 Å². The summed E-state index contributed by atoms with van der Waals surface area (Å²) in [6, 6.07) is 7.03. The van der Waals surface area contributed by atoms with Gasteiger partial charge in [0, 0.05) is 5.57 Å². The van der Waals surface area contributed by atoms with Crippen molar-refractivity contribution in [3.8, 4) is 0 Å². The van der Waals surface area contributed by atoms with Gasteiger partial charge in [0.05, 0.1) is 10.1 Å². The van der Waals surface area contributed by atoms with E-state index < -0.39 is 20.4 Å². The Labute approximate surface area is 165 Å². The number of benzene rings is 1. The van der Waals surface area contributed by atoms with Crippen LogP contribution in [-0.2, 0) is 18.4 Å². The molecular formula is C21H26O4S2. The SMILES string of the molecule is C=C(C)C(=O)OC12CC3CC(CC(C3)C1SS(=O)(=O)c1cccc(C)c1)C2.